The van der Waals surface area contributed by atoms with Crippen molar-refractivity contribution >= 4 is 34.6 Å². The number of ketones is 1. The number of aryl methyl sites for hydroxylation is 1. The summed E-state index contributed by atoms with van der Waals surface area (Å²) in [5.74, 6) is 0.965. The second-order valence-electron chi connectivity index (χ2n) is 5.40. The van der Waals surface area contributed by atoms with Gasteiger partial charge in [-0.3, -0.25) is 4.79 Å². The molecule has 3 aromatic rings. The Kier molecular flexibility index (Phi) is 7.23. The van der Waals surface area contributed by atoms with Gasteiger partial charge in [0.1, 0.15) is 14.8 Å². The number of nitrogens with two attached hydrogens (primary N) is 1. The number of halogens is 1. The molecule has 0 bridgehead atoms. The summed E-state index contributed by atoms with van der Waals surface area (Å²) in [6.45, 7) is 1.57. The normalized spacial score (nSPS) is 10.3. The van der Waals surface area contributed by atoms with Crippen molar-refractivity contribution in [3.63, 3.8) is 0 Å². The first-order valence-electron chi connectivity index (χ1n) is 7.73. The van der Waals surface area contributed by atoms with Gasteiger partial charge in [0.05, 0.1) is 0 Å². The van der Waals surface area contributed by atoms with Crippen LogP contribution < -0.4 is 27.3 Å². The van der Waals surface area contributed by atoms with Crippen LogP contribution >= 0.6 is 23.1 Å². The molecule has 3 nitrogen and oxygen atoms in total. The summed E-state index contributed by atoms with van der Waals surface area (Å²) in [6, 6.07) is 16.3. The zero-order valence-corrected chi connectivity index (χ0v) is 17.0. The summed E-state index contributed by atoms with van der Waals surface area (Å²) in [6.07, 6.45) is 4.91. The topological polar surface area (TPSA) is 47.0 Å². The number of pyridine rings is 1. The van der Waals surface area contributed by atoms with Crippen LogP contribution in [0.15, 0.2) is 65.1 Å². The van der Waals surface area contributed by atoms with Crippen LogP contribution in [-0.2, 0) is 6.42 Å². The number of nitrogen functional groups attached to an aromatic ring is 1. The standard InChI is InChI=1S/C19H18N2OS2.BrH/c1-14(22)18-16(20)17(21-11-6-3-7-12-21)19(24-18)23-13-10-15-8-4-2-5-9-15;/h2-9,11-12H,10,13H2,1H3,(H-,20,22);1H. The molecular weight excluding hydrogens is 416 g/mol. The lowest BCUT2D eigenvalue weighted by Crippen LogP contribution is -3.00. The Labute approximate surface area is 166 Å². The minimum atomic E-state index is 0. The SMILES string of the molecule is CC(=O)c1sc(SCCc2ccccc2)c(-[n+]2ccccc2)c1N.[Br-]. The Bertz CT molecular complexity index is 835. The molecule has 25 heavy (non-hydrogen) atoms. The van der Waals surface area contributed by atoms with Crippen LogP contribution in [0.2, 0.25) is 0 Å². The first kappa shape index (κ1) is 19.7. The van der Waals surface area contributed by atoms with Crippen LogP contribution in [0.4, 0.5) is 5.69 Å². The first-order valence-corrected chi connectivity index (χ1v) is 9.53. The number of benzene rings is 1. The van der Waals surface area contributed by atoms with Crippen molar-refractivity contribution < 1.29 is 26.3 Å². The molecule has 0 aliphatic heterocycles. The lowest BCUT2D eigenvalue weighted by Gasteiger charge is -2.01. The molecule has 0 aliphatic rings. The molecule has 2 heterocycles. The molecule has 0 fully saturated rings. The highest BCUT2D eigenvalue weighted by Crippen LogP contribution is 2.38. The number of hydrogen-bond donors (Lipinski definition) is 1. The number of thiophene rings is 1. The van der Waals surface area contributed by atoms with Crippen LogP contribution in [-0.4, -0.2) is 11.5 Å². The van der Waals surface area contributed by atoms with Gasteiger partial charge >= 0.3 is 0 Å². The lowest BCUT2D eigenvalue weighted by molar-refractivity contribution is -0.596. The second kappa shape index (κ2) is 9.17. The van der Waals surface area contributed by atoms with Crippen molar-refractivity contribution in [3.8, 4) is 5.69 Å². The van der Waals surface area contributed by atoms with E-state index in [1.165, 1.54) is 16.9 Å². The number of thioether (sulfide) groups is 1. The Morgan fingerprint density at radius 3 is 2.40 bits per heavy atom. The van der Waals surface area contributed by atoms with Gasteiger partial charge < -0.3 is 22.7 Å². The van der Waals surface area contributed by atoms with Gasteiger partial charge in [0, 0.05) is 24.8 Å². The molecule has 0 saturated heterocycles. The summed E-state index contributed by atoms with van der Waals surface area (Å²) in [4.78, 5) is 12.5. The third-order valence-electron chi connectivity index (χ3n) is 3.65. The number of nitrogens with zero attached hydrogens (tertiary/aromatic N) is 1. The van der Waals surface area contributed by atoms with E-state index in [0.717, 1.165) is 22.1 Å². The van der Waals surface area contributed by atoms with E-state index < -0.39 is 0 Å². The number of rotatable bonds is 6. The minimum Gasteiger partial charge on any atom is -1.00 e. The van der Waals surface area contributed by atoms with Crippen LogP contribution in [0.3, 0.4) is 0 Å². The molecule has 0 saturated carbocycles. The van der Waals surface area contributed by atoms with E-state index in [9.17, 15) is 4.79 Å². The van der Waals surface area contributed by atoms with Crippen molar-refractivity contribution in [2.45, 2.75) is 17.6 Å². The number of Topliss-reactive ketones (excluding diaryl/α,β-unsaturated/α-hetero) is 1. The molecule has 3 rings (SSSR count). The van der Waals surface area contributed by atoms with E-state index in [1.807, 2.05) is 41.2 Å². The van der Waals surface area contributed by atoms with Crippen LogP contribution in [0, 0.1) is 0 Å². The van der Waals surface area contributed by atoms with Crippen molar-refractivity contribution in [3.05, 3.63) is 71.4 Å². The fourth-order valence-corrected chi connectivity index (χ4v) is 4.93. The second-order valence-corrected chi connectivity index (χ2v) is 7.79. The number of carbonyl (C=O) groups excluding carboxylic acids is 1. The number of hydrogen-bond acceptors (Lipinski definition) is 4. The molecule has 2 aromatic heterocycles. The van der Waals surface area contributed by atoms with E-state index in [0.29, 0.717) is 10.6 Å². The average Bonchev–Trinajstić information content (AvgIpc) is 2.93. The van der Waals surface area contributed by atoms with Crippen LogP contribution in [0.5, 0.6) is 0 Å². The smallest absolute Gasteiger partial charge is 0.259 e. The molecule has 0 aliphatic carbocycles. The third kappa shape index (κ3) is 4.71. The Hall–Kier alpha value is -1.63. The van der Waals surface area contributed by atoms with Gasteiger partial charge in [-0.1, -0.05) is 36.4 Å². The van der Waals surface area contributed by atoms with Gasteiger partial charge in [-0.15, -0.1) is 23.1 Å². The molecule has 0 spiro atoms. The van der Waals surface area contributed by atoms with Gasteiger partial charge in [0.2, 0.25) is 0 Å². The molecule has 0 unspecified atom stereocenters. The fourth-order valence-electron chi connectivity index (χ4n) is 2.47. The third-order valence-corrected chi connectivity index (χ3v) is 6.21. The maximum absolute atomic E-state index is 11.9. The van der Waals surface area contributed by atoms with E-state index in [2.05, 4.69) is 24.3 Å². The number of carbonyl (C=O) groups is 1. The zero-order chi connectivity index (χ0) is 16.9. The zero-order valence-electron chi connectivity index (χ0n) is 13.8. The molecule has 0 radical (unpaired) electrons. The largest absolute Gasteiger partial charge is 1.00 e. The molecule has 2 N–H and O–H groups in total. The lowest BCUT2D eigenvalue weighted by atomic mass is 10.2. The summed E-state index contributed by atoms with van der Waals surface area (Å²) in [7, 11) is 0. The molecule has 1 aromatic carbocycles. The minimum absolute atomic E-state index is 0. The van der Waals surface area contributed by atoms with Crippen molar-refractivity contribution in [2.75, 3.05) is 11.5 Å². The summed E-state index contributed by atoms with van der Waals surface area (Å²) < 4.78 is 3.08. The summed E-state index contributed by atoms with van der Waals surface area (Å²) >= 11 is 3.25. The maximum atomic E-state index is 11.9. The quantitative estimate of drug-likeness (QED) is 0.359. The van der Waals surface area contributed by atoms with E-state index in [-0.39, 0.29) is 22.8 Å². The molecular formula is C19H19BrN2OS2. The van der Waals surface area contributed by atoms with Gasteiger partial charge in [-0.2, -0.15) is 4.57 Å². The van der Waals surface area contributed by atoms with Crippen molar-refractivity contribution in [2.24, 2.45) is 0 Å². The highest BCUT2D eigenvalue weighted by atomic mass is 79.9. The summed E-state index contributed by atoms with van der Waals surface area (Å²) in [5.41, 5.74) is 9.09. The molecule has 0 atom stereocenters. The predicted octanol–water partition coefficient (Wildman–Crippen LogP) is 1.15. The van der Waals surface area contributed by atoms with Crippen molar-refractivity contribution in [1.82, 2.24) is 0 Å². The average molecular weight is 435 g/mol. The fraction of sp³-hybridized carbons (Fsp3) is 0.158. The molecule has 6 heteroatoms. The number of anilines is 1. The monoisotopic (exact) mass is 434 g/mol. The van der Waals surface area contributed by atoms with Gasteiger partial charge in [0.25, 0.3) is 5.69 Å². The highest BCUT2D eigenvalue weighted by Gasteiger charge is 2.26. The van der Waals surface area contributed by atoms with Crippen LogP contribution in [0.1, 0.15) is 22.2 Å². The number of aromatic nitrogens is 1. The van der Waals surface area contributed by atoms with Crippen molar-refractivity contribution in [1.29, 1.82) is 0 Å². The van der Waals surface area contributed by atoms with E-state index >= 15 is 0 Å². The van der Waals surface area contributed by atoms with Crippen LogP contribution in [0.25, 0.3) is 5.69 Å². The van der Waals surface area contributed by atoms with Gasteiger partial charge in [-0.25, -0.2) is 0 Å². The van der Waals surface area contributed by atoms with E-state index in [1.54, 1.807) is 18.7 Å². The molecule has 0 amide bonds. The maximum Gasteiger partial charge on any atom is 0.259 e. The van der Waals surface area contributed by atoms with E-state index in [4.69, 9.17) is 5.73 Å². The van der Waals surface area contributed by atoms with Gasteiger partial charge in [-0.05, 0) is 12.0 Å². The summed E-state index contributed by atoms with van der Waals surface area (Å²) in [5, 5.41) is 0. The highest BCUT2D eigenvalue weighted by molar-refractivity contribution is 8.01. The Morgan fingerprint density at radius 2 is 1.76 bits per heavy atom. The Balaban J connectivity index is 0.00000225. The predicted molar refractivity (Wildman–Crippen MR) is 101 cm³/mol. The Morgan fingerprint density at radius 1 is 1.12 bits per heavy atom. The first-order chi connectivity index (χ1) is 11.7. The molecule has 130 valence electrons. The van der Waals surface area contributed by atoms with Gasteiger partial charge in [0.15, 0.2) is 18.2 Å².